The molecule has 4 rings (SSSR count). The minimum Gasteiger partial charge on any atom is -0.459 e. The molecule has 12 nitrogen and oxygen atoms in total. The number of amides is 2. The van der Waals surface area contributed by atoms with E-state index in [0.717, 1.165) is 38.5 Å². The van der Waals surface area contributed by atoms with Gasteiger partial charge in [0.15, 0.2) is 11.6 Å². The molecule has 41 heavy (non-hydrogen) atoms. The SMILES string of the molecule is CC(=O)[C@@H]1[C@H](C)[C@@H]2CN1C(=O)[C@H](C(C)(C)C)NC(=O)O[C@@H]1CCC[C@H]1CCCCCn1c(nc(C=CN)nc1=O)O2. The van der Waals surface area contributed by atoms with Crippen molar-refractivity contribution in [1.29, 1.82) is 0 Å². The molecule has 12 heteroatoms. The molecule has 0 unspecified atom stereocenters. The number of hydrogen-bond acceptors (Lipinski definition) is 9. The normalized spacial score (nSPS) is 30.0. The van der Waals surface area contributed by atoms with Gasteiger partial charge in [-0.1, -0.05) is 40.5 Å². The van der Waals surface area contributed by atoms with Gasteiger partial charge >= 0.3 is 17.8 Å². The molecule has 0 aromatic carbocycles. The van der Waals surface area contributed by atoms with Crippen LogP contribution in [0.1, 0.15) is 85.4 Å². The maximum atomic E-state index is 14.1. The molecular weight excluding hydrogens is 528 g/mol. The van der Waals surface area contributed by atoms with E-state index in [1.54, 1.807) is 0 Å². The quantitative estimate of drug-likeness (QED) is 0.543. The van der Waals surface area contributed by atoms with Crippen molar-refractivity contribution in [1.82, 2.24) is 24.8 Å². The number of nitrogens with zero attached hydrogens (tertiary/aromatic N) is 4. The Morgan fingerprint density at radius 1 is 1.02 bits per heavy atom. The van der Waals surface area contributed by atoms with E-state index < -0.39 is 41.3 Å². The van der Waals surface area contributed by atoms with Crippen LogP contribution in [0, 0.1) is 17.3 Å². The molecular formula is C29H44N6O6. The summed E-state index contributed by atoms with van der Waals surface area (Å²) in [6.45, 7) is 9.31. The van der Waals surface area contributed by atoms with E-state index in [9.17, 15) is 19.2 Å². The Bertz CT molecular complexity index is 1220. The van der Waals surface area contributed by atoms with Gasteiger partial charge in [-0.3, -0.25) is 9.59 Å². The van der Waals surface area contributed by atoms with Gasteiger partial charge in [0.25, 0.3) is 0 Å². The van der Waals surface area contributed by atoms with E-state index in [1.807, 2.05) is 27.7 Å². The van der Waals surface area contributed by atoms with Crippen molar-refractivity contribution in [3.05, 3.63) is 22.5 Å². The summed E-state index contributed by atoms with van der Waals surface area (Å²) in [5, 5.41) is 2.84. The lowest BCUT2D eigenvalue weighted by molar-refractivity contribution is -0.141. The van der Waals surface area contributed by atoms with Crippen molar-refractivity contribution >= 4 is 23.9 Å². The molecule has 2 fully saturated rings. The van der Waals surface area contributed by atoms with Gasteiger partial charge in [0.05, 0.1) is 12.6 Å². The fourth-order valence-electron chi connectivity index (χ4n) is 6.37. The largest absolute Gasteiger partial charge is 0.459 e. The lowest BCUT2D eigenvalue weighted by Crippen LogP contribution is -2.57. The molecule has 0 radical (unpaired) electrons. The zero-order chi connectivity index (χ0) is 29.9. The van der Waals surface area contributed by atoms with Gasteiger partial charge in [-0.2, -0.15) is 9.97 Å². The highest BCUT2D eigenvalue weighted by molar-refractivity contribution is 5.92. The van der Waals surface area contributed by atoms with Crippen molar-refractivity contribution in [2.45, 2.75) is 110 Å². The third-order valence-corrected chi connectivity index (χ3v) is 8.56. The summed E-state index contributed by atoms with van der Waals surface area (Å²) in [7, 11) is 0. The predicted molar refractivity (Wildman–Crippen MR) is 152 cm³/mol. The zero-order valence-corrected chi connectivity index (χ0v) is 24.8. The number of alkyl carbamates (subject to hydrolysis) is 1. The Kier molecular flexibility index (Phi) is 9.38. The van der Waals surface area contributed by atoms with Crippen LogP contribution >= 0.6 is 0 Å². The zero-order valence-electron chi connectivity index (χ0n) is 24.8. The van der Waals surface area contributed by atoms with E-state index in [4.69, 9.17) is 15.2 Å². The fraction of sp³-hybridized carbons (Fsp3) is 0.724. The van der Waals surface area contributed by atoms with Gasteiger partial charge in [-0.15, -0.1) is 0 Å². The first-order valence-electron chi connectivity index (χ1n) is 14.7. The van der Waals surface area contributed by atoms with E-state index >= 15 is 0 Å². The Hall–Kier alpha value is -3.44. The molecule has 226 valence electrons. The van der Waals surface area contributed by atoms with Crippen molar-refractivity contribution < 1.29 is 23.9 Å². The molecule has 6 atom stereocenters. The molecule has 3 heterocycles. The number of ketones is 1. The second-order valence-corrected chi connectivity index (χ2v) is 12.6. The average molecular weight is 573 g/mol. The highest BCUT2D eigenvalue weighted by Gasteiger charge is 2.49. The van der Waals surface area contributed by atoms with Crippen LogP contribution in [0.3, 0.4) is 0 Å². The molecule has 2 aliphatic heterocycles. The van der Waals surface area contributed by atoms with Gasteiger partial charge in [-0.05, 0) is 62.6 Å². The first kappa shape index (κ1) is 30.5. The van der Waals surface area contributed by atoms with Gasteiger partial charge in [0.1, 0.15) is 18.2 Å². The Morgan fingerprint density at radius 3 is 2.44 bits per heavy atom. The Morgan fingerprint density at radius 2 is 1.76 bits per heavy atom. The highest BCUT2D eigenvalue weighted by Crippen LogP contribution is 2.34. The summed E-state index contributed by atoms with van der Waals surface area (Å²) in [6, 6.07) is -1.63. The molecule has 3 aliphatic rings. The number of carbonyl (C=O) groups is 3. The average Bonchev–Trinajstić information content (AvgIpc) is 3.46. The standard InChI is InChI=1S/C29H44N6O6/c1-17-21-16-35(23(17)18(2)36)25(37)24(29(3,4)5)33-28(39)41-20-12-9-11-19(20)10-7-6-8-15-34-26(38)31-22(13-14-30)32-27(34)40-21/h13-14,17,19-21,23-24H,6-12,15-16,30H2,1-5H3,(H,33,39)/t17-,19-,20-,21+,23+,24-/m1/s1. The summed E-state index contributed by atoms with van der Waals surface area (Å²) >= 11 is 0. The third-order valence-electron chi connectivity index (χ3n) is 8.56. The first-order chi connectivity index (χ1) is 19.4. The van der Waals surface area contributed by atoms with Crippen LogP contribution in [-0.4, -0.2) is 68.1 Å². The fourth-order valence-corrected chi connectivity index (χ4v) is 6.37. The van der Waals surface area contributed by atoms with Gasteiger partial charge in [0, 0.05) is 12.5 Å². The minimum atomic E-state index is -0.930. The Labute approximate surface area is 241 Å². The summed E-state index contributed by atoms with van der Waals surface area (Å²) in [5.41, 5.74) is 4.36. The third kappa shape index (κ3) is 6.90. The number of ether oxygens (including phenoxy) is 2. The number of nitrogens with two attached hydrogens (primary N) is 1. The van der Waals surface area contributed by atoms with Gasteiger partial charge in [-0.25, -0.2) is 14.2 Å². The smallest absolute Gasteiger partial charge is 0.408 e. The number of fused-ring (bicyclic) bond motifs is 4. The molecule has 2 amide bonds. The maximum absolute atomic E-state index is 14.1. The molecule has 1 saturated carbocycles. The summed E-state index contributed by atoms with van der Waals surface area (Å²) < 4.78 is 13.6. The van der Waals surface area contributed by atoms with Crippen molar-refractivity contribution in [2.75, 3.05) is 6.54 Å². The molecule has 1 aromatic heterocycles. The number of hydrogen-bond donors (Lipinski definition) is 2. The molecule has 0 spiro atoms. The van der Waals surface area contributed by atoms with Crippen LogP contribution in [0.2, 0.25) is 0 Å². The maximum Gasteiger partial charge on any atom is 0.408 e. The predicted octanol–water partition coefficient (Wildman–Crippen LogP) is 2.63. The molecule has 1 saturated heterocycles. The Balaban J connectivity index is 1.73. The summed E-state index contributed by atoms with van der Waals surface area (Å²) in [5.74, 6) is -0.618. The molecule has 1 aromatic rings. The summed E-state index contributed by atoms with van der Waals surface area (Å²) in [4.78, 5) is 63.0. The van der Waals surface area contributed by atoms with E-state index in [0.29, 0.717) is 13.0 Å². The van der Waals surface area contributed by atoms with Crippen molar-refractivity contribution in [3.63, 3.8) is 0 Å². The molecule has 1 aliphatic carbocycles. The topological polar surface area (TPSA) is 159 Å². The molecule has 3 N–H and O–H groups in total. The number of Topliss-reactive ketones (excluding diaryl/α,β-unsaturated/α-hetero) is 1. The monoisotopic (exact) mass is 572 g/mol. The minimum absolute atomic E-state index is 0.0811. The second kappa shape index (κ2) is 12.6. The number of aromatic nitrogens is 3. The number of rotatable bonds is 2. The number of carbonyl (C=O) groups excluding carboxylic acids is 3. The summed E-state index contributed by atoms with van der Waals surface area (Å²) in [6.07, 6.45) is 7.37. The van der Waals surface area contributed by atoms with E-state index in [1.165, 1.54) is 28.7 Å². The van der Waals surface area contributed by atoms with Gasteiger partial charge < -0.3 is 25.4 Å². The van der Waals surface area contributed by atoms with E-state index in [2.05, 4.69) is 15.3 Å². The molecule has 2 bridgehead atoms. The van der Waals surface area contributed by atoms with Crippen LogP contribution in [-0.2, 0) is 20.9 Å². The van der Waals surface area contributed by atoms with Crippen LogP contribution in [0.15, 0.2) is 11.0 Å². The lowest BCUT2D eigenvalue weighted by atomic mass is 9.85. The van der Waals surface area contributed by atoms with Crippen LogP contribution in [0.4, 0.5) is 4.79 Å². The van der Waals surface area contributed by atoms with Crippen LogP contribution in [0.25, 0.3) is 6.08 Å². The van der Waals surface area contributed by atoms with E-state index in [-0.39, 0.29) is 42.1 Å². The van der Waals surface area contributed by atoms with Crippen LogP contribution < -0.4 is 21.5 Å². The second-order valence-electron chi connectivity index (χ2n) is 12.6. The first-order valence-corrected chi connectivity index (χ1v) is 14.7. The highest BCUT2D eigenvalue weighted by atomic mass is 16.6. The van der Waals surface area contributed by atoms with Crippen molar-refractivity contribution in [3.8, 4) is 6.01 Å². The van der Waals surface area contributed by atoms with Gasteiger partial charge in [0.2, 0.25) is 5.91 Å². The van der Waals surface area contributed by atoms with Crippen molar-refractivity contribution in [2.24, 2.45) is 23.0 Å². The number of nitrogens with one attached hydrogen (secondary N) is 1. The lowest BCUT2D eigenvalue weighted by Gasteiger charge is -2.35. The van der Waals surface area contributed by atoms with Crippen LogP contribution in [0.5, 0.6) is 6.01 Å².